The zero-order valence-electron chi connectivity index (χ0n) is 8.19. The molecule has 1 rings (SSSR count). The normalized spacial score (nSPS) is 11.5. The van der Waals surface area contributed by atoms with Crippen molar-refractivity contribution in [2.75, 3.05) is 19.0 Å². The number of ether oxygens (including phenoxy) is 1. The summed E-state index contributed by atoms with van der Waals surface area (Å²) in [7, 11) is 1.55. The molecule has 0 amide bonds. The van der Waals surface area contributed by atoms with E-state index in [9.17, 15) is 0 Å². The van der Waals surface area contributed by atoms with Gasteiger partial charge < -0.3 is 10.1 Å². The molecule has 1 aromatic heterocycles. The lowest BCUT2D eigenvalue weighted by Gasteiger charge is -2.06. The lowest BCUT2D eigenvalue weighted by Crippen LogP contribution is -2.10. The minimum absolute atomic E-state index is 0.0454. The number of hydrogen-bond donors (Lipinski definition) is 1. The Morgan fingerprint density at radius 1 is 1.64 bits per heavy atom. The second-order valence-electron chi connectivity index (χ2n) is 2.86. The van der Waals surface area contributed by atoms with Gasteiger partial charge in [0.05, 0.1) is 19.1 Å². The molecule has 0 fully saturated rings. The predicted molar refractivity (Wildman–Crippen MR) is 51.9 cm³/mol. The second kappa shape index (κ2) is 5.02. The summed E-state index contributed by atoms with van der Waals surface area (Å²) in [5, 5.41) is 11.6. The summed E-state index contributed by atoms with van der Waals surface area (Å²) in [5.74, 6) is 1.13. The molecule has 0 spiro atoms. The number of nitriles is 1. The standard InChI is InChI=1S/C9H12N4O/c1-7(4-10)5-11-8-3-9(14-2)13-6-12-8/h3,6-7H,5H2,1-2H3,(H,11,12,13). The van der Waals surface area contributed by atoms with E-state index in [4.69, 9.17) is 10.00 Å². The Kier molecular flexibility index (Phi) is 3.68. The van der Waals surface area contributed by atoms with Crippen LogP contribution < -0.4 is 10.1 Å². The molecule has 0 saturated heterocycles. The monoisotopic (exact) mass is 192 g/mol. The van der Waals surface area contributed by atoms with Crippen LogP contribution in [0.25, 0.3) is 0 Å². The van der Waals surface area contributed by atoms with Crippen molar-refractivity contribution >= 4 is 5.82 Å². The van der Waals surface area contributed by atoms with Gasteiger partial charge in [0.25, 0.3) is 0 Å². The fourth-order valence-electron chi connectivity index (χ4n) is 0.851. The van der Waals surface area contributed by atoms with Crippen LogP contribution in [-0.2, 0) is 0 Å². The third-order valence-electron chi connectivity index (χ3n) is 1.66. The first kappa shape index (κ1) is 10.3. The second-order valence-corrected chi connectivity index (χ2v) is 2.86. The van der Waals surface area contributed by atoms with Crippen LogP contribution in [0.3, 0.4) is 0 Å². The van der Waals surface area contributed by atoms with E-state index < -0.39 is 0 Å². The maximum absolute atomic E-state index is 8.57. The number of anilines is 1. The van der Waals surface area contributed by atoms with Gasteiger partial charge in [0.15, 0.2) is 0 Å². The molecule has 1 heterocycles. The van der Waals surface area contributed by atoms with Crippen LogP contribution in [0.2, 0.25) is 0 Å². The lowest BCUT2D eigenvalue weighted by molar-refractivity contribution is 0.397. The first-order valence-electron chi connectivity index (χ1n) is 4.25. The van der Waals surface area contributed by atoms with Crippen LogP contribution in [-0.4, -0.2) is 23.6 Å². The number of rotatable bonds is 4. The van der Waals surface area contributed by atoms with Gasteiger partial charge in [-0.25, -0.2) is 9.97 Å². The van der Waals surface area contributed by atoms with Gasteiger partial charge in [-0.1, -0.05) is 0 Å². The van der Waals surface area contributed by atoms with E-state index >= 15 is 0 Å². The first-order chi connectivity index (χ1) is 6.76. The number of hydrogen-bond acceptors (Lipinski definition) is 5. The molecule has 1 atom stereocenters. The summed E-state index contributed by atoms with van der Waals surface area (Å²) >= 11 is 0. The molecule has 0 aliphatic carbocycles. The summed E-state index contributed by atoms with van der Waals surface area (Å²) < 4.78 is 4.93. The van der Waals surface area contributed by atoms with Gasteiger partial charge in [0.2, 0.25) is 5.88 Å². The third-order valence-corrected chi connectivity index (χ3v) is 1.66. The largest absolute Gasteiger partial charge is 0.481 e. The summed E-state index contributed by atoms with van der Waals surface area (Å²) in [6.07, 6.45) is 1.41. The minimum Gasteiger partial charge on any atom is -0.481 e. The quantitative estimate of drug-likeness (QED) is 0.772. The Labute approximate surface area is 82.8 Å². The molecule has 1 aromatic rings. The summed E-state index contributed by atoms with van der Waals surface area (Å²) in [6.45, 7) is 2.40. The Morgan fingerprint density at radius 3 is 3.07 bits per heavy atom. The molecule has 0 bridgehead atoms. The Bertz CT molecular complexity index is 334. The van der Waals surface area contributed by atoms with Gasteiger partial charge in [-0.15, -0.1) is 0 Å². The van der Waals surface area contributed by atoms with E-state index in [2.05, 4.69) is 21.4 Å². The van der Waals surface area contributed by atoms with Gasteiger partial charge in [-0.2, -0.15) is 5.26 Å². The molecule has 0 saturated carbocycles. The van der Waals surface area contributed by atoms with Crippen LogP contribution in [0.15, 0.2) is 12.4 Å². The highest BCUT2D eigenvalue weighted by molar-refractivity contribution is 5.37. The molecule has 74 valence electrons. The molecule has 0 aliphatic rings. The average molecular weight is 192 g/mol. The van der Waals surface area contributed by atoms with E-state index in [0.717, 1.165) is 0 Å². The molecule has 5 nitrogen and oxygen atoms in total. The van der Waals surface area contributed by atoms with E-state index in [-0.39, 0.29) is 5.92 Å². The maximum atomic E-state index is 8.57. The van der Waals surface area contributed by atoms with Gasteiger partial charge >= 0.3 is 0 Å². The highest BCUT2D eigenvalue weighted by Gasteiger charge is 2.01. The van der Waals surface area contributed by atoms with Gasteiger partial charge in [-0.3, -0.25) is 0 Å². The van der Waals surface area contributed by atoms with Gasteiger partial charge in [0.1, 0.15) is 12.1 Å². The van der Waals surface area contributed by atoms with E-state index in [1.807, 2.05) is 6.92 Å². The number of nitrogens with one attached hydrogen (secondary N) is 1. The van der Waals surface area contributed by atoms with Crippen molar-refractivity contribution in [2.24, 2.45) is 5.92 Å². The molecule has 1 unspecified atom stereocenters. The molecule has 0 radical (unpaired) electrons. The van der Waals surface area contributed by atoms with Crippen molar-refractivity contribution in [3.63, 3.8) is 0 Å². The van der Waals surface area contributed by atoms with Crippen LogP contribution in [0.5, 0.6) is 5.88 Å². The zero-order valence-corrected chi connectivity index (χ0v) is 8.19. The fraction of sp³-hybridized carbons (Fsp3) is 0.444. The first-order valence-corrected chi connectivity index (χ1v) is 4.25. The van der Waals surface area contributed by atoms with Gasteiger partial charge in [0, 0.05) is 12.6 Å². The Hall–Kier alpha value is -1.83. The molecule has 0 aromatic carbocycles. The van der Waals surface area contributed by atoms with Crippen molar-refractivity contribution < 1.29 is 4.74 Å². The molecule has 5 heteroatoms. The van der Waals surface area contributed by atoms with Crippen molar-refractivity contribution in [2.45, 2.75) is 6.92 Å². The van der Waals surface area contributed by atoms with E-state index in [1.54, 1.807) is 13.2 Å². The Balaban J connectivity index is 2.55. The highest BCUT2D eigenvalue weighted by atomic mass is 16.5. The number of methoxy groups -OCH3 is 1. The molecule has 14 heavy (non-hydrogen) atoms. The van der Waals surface area contributed by atoms with Crippen molar-refractivity contribution in [1.29, 1.82) is 5.26 Å². The highest BCUT2D eigenvalue weighted by Crippen LogP contribution is 2.10. The SMILES string of the molecule is COc1cc(NCC(C)C#N)ncn1. The summed E-state index contributed by atoms with van der Waals surface area (Å²) in [4.78, 5) is 7.85. The zero-order chi connectivity index (χ0) is 10.4. The van der Waals surface area contributed by atoms with Crippen LogP contribution in [0.1, 0.15) is 6.92 Å². The van der Waals surface area contributed by atoms with E-state index in [1.165, 1.54) is 6.33 Å². The minimum atomic E-state index is -0.0454. The molecule has 1 N–H and O–H groups in total. The van der Waals surface area contributed by atoms with Gasteiger partial charge in [-0.05, 0) is 6.92 Å². The topological polar surface area (TPSA) is 70.8 Å². The Morgan fingerprint density at radius 2 is 2.43 bits per heavy atom. The lowest BCUT2D eigenvalue weighted by atomic mass is 10.2. The van der Waals surface area contributed by atoms with Crippen LogP contribution in [0.4, 0.5) is 5.82 Å². The third kappa shape index (κ3) is 2.90. The number of aromatic nitrogens is 2. The number of nitrogens with zero attached hydrogens (tertiary/aromatic N) is 3. The van der Waals surface area contributed by atoms with E-state index in [0.29, 0.717) is 18.2 Å². The summed E-state index contributed by atoms with van der Waals surface area (Å²) in [6, 6.07) is 3.81. The van der Waals surface area contributed by atoms with Crippen LogP contribution >= 0.6 is 0 Å². The maximum Gasteiger partial charge on any atom is 0.218 e. The summed E-state index contributed by atoms with van der Waals surface area (Å²) in [5.41, 5.74) is 0. The molecular weight excluding hydrogens is 180 g/mol. The average Bonchev–Trinajstić information content (AvgIpc) is 2.26. The predicted octanol–water partition coefficient (Wildman–Crippen LogP) is 1.06. The van der Waals surface area contributed by atoms with Crippen LogP contribution in [0, 0.1) is 17.2 Å². The smallest absolute Gasteiger partial charge is 0.218 e. The fourth-order valence-corrected chi connectivity index (χ4v) is 0.851. The molecular formula is C9H12N4O. The molecule has 0 aliphatic heterocycles. The van der Waals surface area contributed by atoms with Crippen molar-refractivity contribution in [3.8, 4) is 11.9 Å². The van der Waals surface area contributed by atoms with Crippen molar-refractivity contribution in [3.05, 3.63) is 12.4 Å². The van der Waals surface area contributed by atoms with Crippen molar-refractivity contribution in [1.82, 2.24) is 9.97 Å².